The van der Waals surface area contributed by atoms with Crippen molar-refractivity contribution in [2.75, 3.05) is 58.9 Å². The predicted molar refractivity (Wildman–Crippen MR) is 437 cm³/mol. The summed E-state index contributed by atoms with van der Waals surface area (Å²) in [5, 5.41) is 43.1. The second-order valence-electron chi connectivity index (χ2n) is 29.3. The first kappa shape index (κ1) is 102. The minimum absolute atomic E-state index is 0.00809. The fourth-order valence-corrected chi connectivity index (χ4v) is 12.1. The highest BCUT2D eigenvalue weighted by Gasteiger charge is 2.38. The van der Waals surface area contributed by atoms with E-state index in [1.165, 1.54) is 0 Å². The van der Waals surface area contributed by atoms with Gasteiger partial charge in [-0.3, -0.25) is 77.7 Å². The van der Waals surface area contributed by atoms with Crippen LogP contribution in [0.5, 0.6) is 0 Å². The van der Waals surface area contributed by atoms with Crippen molar-refractivity contribution in [1.29, 1.82) is 0 Å². The van der Waals surface area contributed by atoms with Gasteiger partial charge in [0.05, 0.1) is 6.04 Å². The summed E-state index contributed by atoms with van der Waals surface area (Å²) in [5.41, 5.74) is 73.7. The average molecular weight is 1620 g/mol. The molecule has 0 radical (unpaired) electrons. The van der Waals surface area contributed by atoms with E-state index >= 15 is 0 Å². The lowest BCUT2D eigenvalue weighted by Gasteiger charge is -2.29. The number of aliphatic carboxylic acids is 1. The van der Waals surface area contributed by atoms with E-state index in [2.05, 4.69) is 88.8 Å². The van der Waals surface area contributed by atoms with E-state index < -0.39 is 143 Å². The topological polar surface area (TPSA) is 769 Å². The van der Waals surface area contributed by atoms with Gasteiger partial charge in [0.1, 0.15) is 66.5 Å². The van der Waals surface area contributed by atoms with Crippen LogP contribution in [0.3, 0.4) is 0 Å². The number of hydrogen-bond acceptors (Lipinski definition) is 21. The molecule has 39 N–H and O–H groups in total. The van der Waals surface area contributed by atoms with E-state index in [0.29, 0.717) is 51.6 Å². The Morgan fingerprint density at radius 3 is 0.807 bits per heavy atom. The maximum absolute atomic E-state index is 14.9. The number of carboxylic acids is 1. The molecule has 0 bridgehead atoms. The largest absolute Gasteiger partial charge is 0.480 e. The molecule has 43 heteroatoms. The molecule has 0 aromatic rings. The van der Waals surface area contributed by atoms with Crippen LogP contribution in [0.25, 0.3) is 0 Å². The van der Waals surface area contributed by atoms with E-state index in [1.807, 2.05) is 6.92 Å². The van der Waals surface area contributed by atoms with Crippen LogP contribution in [0.15, 0.2) is 25.0 Å². The van der Waals surface area contributed by atoms with Crippen LogP contribution in [0.1, 0.15) is 196 Å². The monoisotopic (exact) mass is 1620 g/mol. The quantitative estimate of drug-likeness (QED) is 0.0153. The number of aliphatic imine (C=N–C) groups is 5. The molecule has 1 rings (SSSR count). The summed E-state index contributed by atoms with van der Waals surface area (Å²) in [6.07, 6.45) is 3.90. The summed E-state index contributed by atoms with van der Waals surface area (Å²) in [5.74, 6) is -12.2. The number of nitrogens with two attached hydrogens (primary N) is 13. The summed E-state index contributed by atoms with van der Waals surface area (Å²) >= 11 is 0. The summed E-state index contributed by atoms with van der Waals surface area (Å²) in [7, 11) is 0. The first-order chi connectivity index (χ1) is 54.0. The number of rotatable bonds is 61. The van der Waals surface area contributed by atoms with Crippen LogP contribution in [-0.4, -0.2) is 237 Å². The summed E-state index contributed by atoms with van der Waals surface area (Å²) in [6, 6.07) is -15.5. The molecule has 1 heterocycles. The van der Waals surface area contributed by atoms with Gasteiger partial charge in [-0.2, -0.15) is 0 Å². The lowest BCUT2D eigenvalue weighted by atomic mass is 9.97. The first-order valence-corrected chi connectivity index (χ1v) is 39.7. The third-order valence-electron chi connectivity index (χ3n) is 18.5. The maximum Gasteiger partial charge on any atom is 0.326 e. The number of hydrogen-bond donors (Lipinski definition) is 26. The molecule has 0 aromatic carbocycles. The Morgan fingerprint density at radius 1 is 0.342 bits per heavy atom. The molecule has 1 fully saturated rings. The molecule has 43 nitrogen and oxygen atoms in total. The molecule has 1 saturated heterocycles. The van der Waals surface area contributed by atoms with Gasteiger partial charge in [-0.15, -0.1) is 0 Å². The van der Waals surface area contributed by atoms with Crippen molar-refractivity contribution in [3.8, 4) is 0 Å². The van der Waals surface area contributed by atoms with Crippen molar-refractivity contribution in [2.24, 2.45) is 117 Å². The Morgan fingerprint density at radius 2 is 0.579 bits per heavy atom. The van der Waals surface area contributed by atoms with Gasteiger partial charge in [0.2, 0.25) is 65.0 Å². The van der Waals surface area contributed by atoms with Crippen LogP contribution < -0.4 is 138 Å². The van der Waals surface area contributed by atoms with E-state index in [-0.39, 0.29) is 203 Å². The van der Waals surface area contributed by atoms with Crippen molar-refractivity contribution in [2.45, 2.75) is 268 Å². The first-order valence-electron chi connectivity index (χ1n) is 39.7. The van der Waals surface area contributed by atoms with Crippen molar-refractivity contribution < 1.29 is 62.6 Å². The molecule has 0 aromatic heterocycles. The predicted octanol–water partition coefficient (Wildman–Crippen LogP) is -7.05. The zero-order chi connectivity index (χ0) is 85.8. The number of nitrogens with one attached hydrogen (secondary N) is 12. The normalized spacial score (nSPS) is 15.6. The van der Waals surface area contributed by atoms with Crippen molar-refractivity contribution >= 4 is 101 Å². The van der Waals surface area contributed by atoms with E-state index in [9.17, 15) is 62.6 Å². The SMILES string of the molecule is CC[C@H](C)[C@H](NC(=O)[C@@H]1CCCN1)C(=O)N[C@@H](CCCN=C(N)N)C(=O)N[C@@H](CCCN=C(N)N)C(=O)N[C@@H](CCCN=C(N)N)C(=O)N[C@@H](CCCCN)C(=O)N[C@@H](CCCCN)C(=O)N[C@@H](CC(C)C)C(=O)N[C@@H](CCCN=C(N)N)C(=O)N[C@@H](CCCN=C(N)N)C(=O)N[C@@H](CC(C)C)C(=O)N[C@@H](CCCCN)C(=O)O. The lowest BCUT2D eigenvalue weighted by molar-refractivity contribution is -0.142. The van der Waals surface area contributed by atoms with Crippen LogP contribution in [0.4, 0.5) is 0 Å². The van der Waals surface area contributed by atoms with Crippen molar-refractivity contribution in [3.63, 3.8) is 0 Å². The molecular formula is C71H138N30O13. The fraction of sp³-hybridized carbons (Fsp3) is 0.761. The highest BCUT2D eigenvalue weighted by atomic mass is 16.4. The Hall–Kier alpha value is -10.2. The van der Waals surface area contributed by atoms with Gasteiger partial charge in [0, 0.05) is 32.7 Å². The Balaban J connectivity index is 3.96. The van der Waals surface area contributed by atoms with Crippen molar-refractivity contribution in [3.05, 3.63) is 0 Å². The van der Waals surface area contributed by atoms with Gasteiger partial charge in [0.25, 0.3) is 0 Å². The molecular weight excluding hydrogens is 1480 g/mol. The van der Waals surface area contributed by atoms with E-state index in [1.54, 1.807) is 34.6 Å². The Kier molecular flexibility index (Phi) is 51.6. The maximum atomic E-state index is 14.9. The molecule has 0 saturated carbocycles. The third kappa shape index (κ3) is 44.3. The van der Waals surface area contributed by atoms with Crippen LogP contribution in [0, 0.1) is 17.8 Å². The van der Waals surface area contributed by atoms with Gasteiger partial charge in [-0.25, -0.2) is 4.79 Å². The van der Waals surface area contributed by atoms with Crippen molar-refractivity contribution in [1.82, 2.24) is 63.8 Å². The van der Waals surface area contributed by atoms with E-state index in [0.717, 1.165) is 6.42 Å². The van der Waals surface area contributed by atoms with Crippen LogP contribution in [-0.2, 0) is 57.5 Å². The van der Waals surface area contributed by atoms with E-state index in [4.69, 9.17) is 74.5 Å². The number of carboxylic acid groups (broad SMARTS) is 1. The Labute approximate surface area is 669 Å². The number of amides is 11. The molecule has 114 heavy (non-hydrogen) atoms. The minimum Gasteiger partial charge on any atom is -0.480 e. The average Bonchev–Trinajstić information content (AvgIpc) is 1.08. The number of unbranched alkanes of at least 4 members (excludes halogenated alkanes) is 3. The van der Waals surface area contributed by atoms with Gasteiger partial charge >= 0.3 is 5.97 Å². The molecule has 0 spiro atoms. The molecule has 0 aliphatic carbocycles. The van der Waals surface area contributed by atoms with Gasteiger partial charge in [0.15, 0.2) is 29.8 Å². The van der Waals surface area contributed by atoms with Crippen LogP contribution >= 0.6 is 0 Å². The standard InChI is InChI=1S/C71H138N30O13/c1-7-42(6)54(101-55(102)43-23-14-32-85-43)65(112)97-50(28-19-37-90-71(83)84)60(107)94-47(25-16-34-87-68(77)78)58(105)93-46(24-15-33-86-67(75)76)57(104)91-44(20-8-11-29-72)56(103)92-45(21-9-12-30-73)61(108)99-52(38-40(2)3)63(110)96-48(26-17-35-88-69(79)80)59(106)95-49(27-18-36-89-70(81)82)62(109)100-53(39-41(4)5)64(111)98-51(66(113)114)22-10-13-31-74/h40-54,85H,7-39,72-74H2,1-6H3,(H,91,104)(H,92,103)(H,93,105)(H,94,107)(H,95,106)(H,96,110)(H,97,112)(H,98,111)(H,99,108)(H,100,109)(H,101,102)(H,113,114)(H4,75,76,86)(H4,77,78,87)(H4,79,80,88)(H4,81,82,89)(H4,83,84,90)/t42-,43-,44-,45-,46-,47-,48-,49-,50-,51-,52-,53-,54-/m0/s1. The number of guanidine groups is 5. The molecule has 0 unspecified atom stereocenters. The number of nitrogens with zero attached hydrogens (tertiary/aromatic N) is 5. The second kappa shape index (κ2) is 57.8. The molecule has 1 aliphatic rings. The third-order valence-corrected chi connectivity index (χ3v) is 18.5. The van der Waals surface area contributed by atoms with Crippen LogP contribution in [0.2, 0.25) is 0 Å². The number of carbonyl (C=O) groups is 12. The lowest BCUT2D eigenvalue weighted by Crippen LogP contribution is -2.61. The van der Waals surface area contributed by atoms with Gasteiger partial charge in [-0.05, 0) is 192 Å². The zero-order valence-corrected chi connectivity index (χ0v) is 67.6. The summed E-state index contributed by atoms with van der Waals surface area (Å²) in [6.45, 7) is 12.0. The Bertz CT molecular complexity index is 3130. The van der Waals surface area contributed by atoms with Gasteiger partial charge in [-0.1, -0.05) is 48.0 Å². The molecule has 650 valence electrons. The fourth-order valence-electron chi connectivity index (χ4n) is 12.1. The van der Waals surface area contributed by atoms with Gasteiger partial charge < -0.3 is 143 Å². The molecule has 13 atom stereocenters. The number of carbonyl (C=O) groups excluding carboxylic acids is 11. The zero-order valence-electron chi connectivity index (χ0n) is 67.6. The summed E-state index contributed by atoms with van der Waals surface area (Å²) < 4.78 is 0. The summed E-state index contributed by atoms with van der Waals surface area (Å²) in [4.78, 5) is 192. The minimum atomic E-state index is -1.48. The smallest absolute Gasteiger partial charge is 0.326 e. The second-order valence-corrected chi connectivity index (χ2v) is 29.3. The molecule has 1 aliphatic heterocycles. The highest BCUT2D eigenvalue weighted by molar-refractivity contribution is 5.99. The highest BCUT2D eigenvalue weighted by Crippen LogP contribution is 2.17. The molecule has 11 amide bonds.